The number of aliphatic hydroxyl groups is 1. The summed E-state index contributed by atoms with van der Waals surface area (Å²) in [7, 11) is 0. The molecule has 1 amide bonds. The van der Waals surface area contributed by atoms with Crippen LogP contribution in [0, 0.1) is 5.92 Å². The summed E-state index contributed by atoms with van der Waals surface area (Å²) < 4.78 is 0. The molecule has 0 aliphatic heterocycles. The molecule has 0 radical (unpaired) electrons. The van der Waals surface area contributed by atoms with Crippen molar-refractivity contribution in [3.63, 3.8) is 0 Å². The predicted octanol–water partition coefficient (Wildman–Crippen LogP) is -0.269. The van der Waals surface area contributed by atoms with Crippen LogP contribution < -0.4 is 10.6 Å². The van der Waals surface area contributed by atoms with Gasteiger partial charge in [-0.2, -0.15) is 0 Å². The molecule has 0 aromatic heterocycles. The molecule has 1 unspecified atom stereocenters. The number of rotatable bonds is 7. The van der Waals surface area contributed by atoms with E-state index in [0.29, 0.717) is 19.0 Å². The summed E-state index contributed by atoms with van der Waals surface area (Å²) in [6, 6.07) is 0. The van der Waals surface area contributed by atoms with Gasteiger partial charge in [-0.15, -0.1) is 0 Å². The minimum atomic E-state index is 0.0200. The van der Waals surface area contributed by atoms with Gasteiger partial charge in [-0.3, -0.25) is 4.79 Å². The SMILES string of the molecule is CCNCC(=O)NCC(C)CCO. The van der Waals surface area contributed by atoms with Gasteiger partial charge in [0.05, 0.1) is 6.54 Å². The Morgan fingerprint density at radius 1 is 1.54 bits per heavy atom. The summed E-state index contributed by atoms with van der Waals surface area (Å²) in [4.78, 5) is 11.1. The molecule has 0 aromatic rings. The highest BCUT2D eigenvalue weighted by molar-refractivity contribution is 5.77. The lowest BCUT2D eigenvalue weighted by atomic mass is 10.1. The first-order valence-corrected chi connectivity index (χ1v) is 4.79. The van der Waals surface area contributed by atoms with E-state index < -0.39 is 0 Å². The third-order valence-corrected chi connectivity index (χ3v) is 1.81. The zero-order valence-corrected chi connectivity index (χ0v) is 8.47. The van der Waals surface area contributed by atoms with Crippen LogP contribution >= 0.6 is 0 Å². The Balaban J connectivity index is 3.34. The van der Waals surface area contributed by atoms with Gasteiger partial charge in [0.15, 0.2) is 0 Å². The van der Waals surface area contributed by atoms with Crippen molar-refractivity contribution >= 4 is 5.91 Å². The van der Waals surface area contributed by atoms with Gasteiger partial charge in [-0.1, -0.05) is 13.8 Å². The van der Waals surface area contributed by atoms with Crippen LogP contribution in [0.5, 0.6) is 0 Å². The van der Waals surface area contributed by atoms with Gasteiger partial charge in [-0.25, -0.2) is 0 Å². The van der Waals surface area contributed by atoms with E-state index in [1.165, 1.54) is 0 Å². The molecule has 78 valence electrons. The molecule has 4 heteroatoms. The molecule has 1 atom stereocenters. The number of aliphatic hydroxyl groups excluding tert-OH is 1. The Morgan fingerprint density at radius 3 is 2.77 bits per heavy atom. The molecule has 0 aromatic carbocycles. The average molecular weight is 188 g/mol. The molecule has 0 fully saturated rings. The summed E-state index contributed by atoms with van der Waals surface area (Å²) in [5.41, 5.74) is 0. The third-order valence-electron chi connectivity index (χ3n) is 1.81. The lowest BCUT2D eigenvalue weighted by Gasteiger charge is -2.10. The van der Waals surface area contributed by atoms with Crippen LogP contribution in [0.1, 0.15) is 20.3 Å². The van der Waals surface area contributed by atoms with Gasteiger partial charge >= 0.3 is 0 Å². The summed E-state index contributed by atoms with van der Waals surface area (Å²) >= 11 is 0. The van der Waals surface area contributed by atoms with E-state index >= 15 is 0 Å². The van der Waals surface area contributed by atoms with E-state index in [4.69, 9.17) is 5.11 Å². The molecule has 0 bridgehead atoms. The summed E-state index contributed by atoms with van der Waals surface area (Å²) in [6.45, 7) is 5.97. The molecular formula is C9H20N2O2. The van der Waals surface area contributed by atoms with E-state index in [1.807, 2.05) is 13.8 Å². The Bertz CT molecular complexity index is 140. The third kappa shape index (κ3) is 7.74. The Kier molecular flexibility index (Phi) is 7.63. The highest BCUT2D eigenvalue weighted by atomic mass is 16.3. The first kappa shape index (κ1) is 12.4. The zero-order valence-electron chi connectivity index (χ0n) is 8.47. The van der Waals surface area contributed by atoms with Gasteiger partial charge in [-0.05, 0) is 18.9 Å². The highest BCUT2D eigenvalue weighted by Gasteiger charge is 2.03. The molecule has 0 aliphatic carbocycles. The number of carbonyl (C=O) groups is 1. The van der Waals surface area contributed by atoms with Crippen molar-refractivity contribution < 1.29 is 9.90 Å². The Morgan fingerprint density at radius 2 is 2.23 bits per heavy atom. The number of nitrogens with one attached hydrogen (secondary N) is 2. The van der Waals surface area contributed by atoms with Gasteiger partial charge in [0.25, 0.3) is 0 Å². The molecule has 0 saturated heterocycles. The van der Waals surface area contributed by atoms with E-state index in [9.17, 15) is 4.79 Å². The van der Waals surface area contributed by atoms with Gasteiger partial charge in [0, 0.05) is 13.2 Å². The van der Waals surface area contributed by atoms with Crippen molar-refractivity contribution in [2.75, 3.05) is 26.2 Å². The first-order valence-electron chi connectivity index (χ1n) is 4.79. The van der Waals surface area contributed by atoms with Gasteiger partial charge < -0.3 is 15.7 Å². The fraction of sp³-hybridized carbons (Fsp3) is 0.889. The van der Waals surface area contributed by atoms with Crippen molar-refractivity contribution in [3.8, 4) is 0 Å². The zero-order chi connectivity index (χ0) is 10.1. The monoisotopic (exact) mass is 188 g/mol. The van der Waals surface area contributed by atoms with E-state index in [1.54, 1.807) is 0 Å². The molecule has 13 heavy (non-hydrogen) atoms. The lowest BCUT2D eigenvalue weighted by Crippen LogP contribution is -2.36. The van der Waals surface area contributed by atoms with Crippen LogP contribution in [0.15, 0.2) is 0 Å². The summed E-state index contributed by atoms with van der Waals surface area (Å²) in [6.07, 6.45) is 0.738. The maximum Gasteiger partial charge on any atom is 0.233 e. The first-order chi connectivity index (χ1) is 6.20. The minimum Gasteiger partial charge on any atom is -0.396 e. The van der Waals surface area contributed by atoms with E-state index in [0.717, 1.165) is 13.0 Å². The molecule has 3 N–H and O–H groups in total. The average Bonchev–Trinajstić information content (AvgIpc) is 2.12. The van der Waals surface area contributed by atoms with Crippen molar-refractivity contribution in [1.29, 1.82) is 0 Å². The van der Waals surface area contributed by atoms with Crippen molar-refractivity contribution in [1.82, 2.24) is 10.6 Å². The number of carbonyl (C=O) groups excluding carboxylic acids is 1. The van der Waals surface area contributed by atoms with Gasteiger partial charge in [0.2, 0.25) is 5.91 Å². The standard InChI is InChI=1S/C9H20N2O2/c1-3-10-7-9(13)11-6-8(2)4-5-12/h8,10,12H,3-7H2,1-2H3,(H,11,13). The van der Waals surface area contributed by atoms with Crippen LogP contribution in [-0.2, 0) is 4.79 Å². The predicted molar refractivity (Wildman–Crippen MR) is 52.4 cm³/mol. The number of likely N-dealkylation sites (N-methyl/N-ethyl adjacent to an activating group) is 1. The number of hydrogen-bond donors (Lipinski definition) is 3. The van der Waals surface area contributed by atoms with E-state index in [-0.39, 0.29) is 12.5 Å². The van der Waals surface area contributed by atoms with Crippen LogP contribution in [-0.4, -0.2) is 37.3 Å². The topological polar surface area (TPSA) is 61.4 Å². The van der Waals surface area contributed by atoms with Crippen molar-refractivity contribution in [2.24, 2.45) is 5.92 Å². The second kappa shape index (κ2) is 8.01. The minimum absolute atomic E-state index is 0.0200. The largest absolute Gasteiger partial charge is 0.396 e. The van der Waals surface area contributed by atoms with Crippen LogP contribution in [0.4, 0.5) is 0 Å². The number of hydrogen-bond acceptors (Lipinski definition) is 3. The molecule has 0 aliphatic rings. The quantitative estimate of drug-likeness (QED) is 0.515. The maximum atomic E-state index is 11.1. The molecule has 4 nitrogen and oxygen atoms in total. The maximum absolute atomic E-state index is 11.1. The Labute approximate surface area is 79.7 Å². The summed E-state index contributed by atoms with van der Waals surface area (Å²) in [5.74, 6) is 0.363. The number of amides is 1. The highest BCUT2D eigenvalue weighted by Crippen LogP contribution is 1.97. The van der Waals surface area contributed by atoms with Crippen LogP contribution in [0.25, 0.3) is 0 Å². The van der Waals surface area contributed by atoms with Crippen molar-refractivity contribution in [2.45, 2.75) is 20.3 Å². The van der Waals surface area contributed by atoms with Crippen molar-refractivity contribution in [3.05, 3.63) is 0 Å². The molecular weight excluding hydrogens is 168 g/mol. The summed E-state index contributed by atoms with van der Waals surface area (Å²) in [5, 5.41) is 14.4. The molecule has 0 saturated carbocycles. The smallest absolute Gasteiger partial charge is 0.233 e. The Hall–Kier alpha value is -0.610. The van der Waals surface area contributed by atoms with Gasteiger partial charge in [0.1, 0.15) is 0 Å². The lowest BCUT2D eigenvalue weighted by molar-refractivity contribution is -0.120. The fourth-order valence-corrected chi connectivity index (χ4v) is 0.912. The second-order valence-corrected chi connectivity index (χ2v) is 3.20. The van der Waals surface area contributed by atoms with Crippen LogP contribution in [0.2, 0.25) is 0 Å². The fourth-order valence-electron chi connectivity index (χ4n) is 0.912. The molecule has 0 spiro atoms. The molecule has 0 rings (SSSR count). The van der Waals surface area contributed by atoms with Crippen LogP contribution in [0.3, 0.4) is 0 Å². The second-order valence-electron chi connectivity index (χ2n) is 3.20. The van der Waals surface area contributed by atoms with E-state index in [2.05, 4.69) is 10.6 Å². The normalized spacial score (nSPS) is 12.5. The molecule has 0 heterocycles.